The molecule has 5 rings (SSSR count). The molecule has 0 saturated carbocycles. The predicted octanol–water partition coefficient (Wildman–Crippen LogP) is 2.31. The van der Waals surface area contributed by atoms with Gasteiger partial charge in [-0.15, -0.1) is 0 Å². The highest BCUT2D eigenvalue weighted by Crippen LogP contribution is 2.31. The van der Waals surface area contributed by atoms with Crippen LogP contribution in [0.25, 0.3) is 5.69 Å². The van der Waals surface area contributed by atoms with Crippen LogP contribution in [0.1, 0.15) is 16.1 Å². The van der Waals surface area contributed by atoms with Gasteiger partial charge in [0.25, 0.3) is 11.8 Å². The minimum absolute atomic E-state index is 0.0667. The maximum absolute atomic E-state index is 13.1. The van der Waals surface area contributed by atoms with E-state index in [1.165, 1.54) is 0 Å². The zero-order valence-corrected chi connectivity index (χ0v) is 17.8. The Labute approximate surface area is 185 Å². The first-order chi connectivity index (χ1) is 15.6. The third kappa shape index (κ3) is 3.68. The van der Waals surface area contributed by atoms with Gasteiger partial charge in [-0.1, -0.05) is 30.3 Å². The summed E-state index contributed by atoms with van der Waals surface area (Å²) in [5.74, 6) is 1.05. The fraction of sp³-hybridized carbons (Fsp3) is 0.292. The van der Waals surface area contributed by atoms with E-state index in [0.29, 0.717) is 43.2 Å². The van der Waals surface area contributed by atoms with Gasteiger partial charge in [-0.25, -0.2) is 4.68 Å². The van der Waals surface area contributed by atoms with Gasteiger partial charge in [-0.2, -0.15) is 5.10 Å². The van der Waals surface area contributed by atoms with Gasteiger partial charge in [0.15, 0.2) is 11.5 Å². The molecule has 1 aromatic heterocycles. The SMILES string of the molecule is Cc1c(C(=O)N2CCN(C(=O)C3COc4ccccc4O3)CC2)cnn1-c1ccccc1. The van der Waals surface area contributed by atoms with Crippen LogP contribution in [-0.4, -0.2) is 70.3 Å². The molecular formula is C24H24N4O4. The number of rotatable bonds is 3. The summed E-state index contributed by atoms with van der Waals surface area (Å²) < 4.78 is 13.3. The first-order valence-corrected chi connectivity index (χ1v) is 10.7. The minimum Gasteiger partial charge on any atom is -0.485 e. The Bertz CT molecular complexity index is 1140. The average Bonchev–Trinajstić information content (AvgIpc) is 3.24. The van der Waals surface area contributed by atoms with E-state index in [4.69, 9.17) is 9.47 Å². The topological polar surface area (TPSA) is 76.9 Å². The monoisotopic (exact) mass is 432 g/mol. The van der Waals surface area contributed by atoms with Crippen LogP contribution in [0.4, 0.5) is 0 Å². The molecule has 2 aromatic carbocycles. The fourth-order valence-corrected chi connectivity index (χ4v) is 4.09. The average molecular weight is 432 g/mol. The highest BCUT2D eigenvalue weighted by Gasteiger charge is 2.34. The molecule has 1 atom stereocenters. The summed E-state index contributed by atoms with van der Waals surface area (Å²) in [6, 6.07) is 17.1. The number of amides is 2. The van der Waals surface area contributed by atoms with Gasteiger partial charge in [0.05, 0.1) is 23.1 Å². The van der Waals surface area contributed by atoms with E-state index in [1.54, 1.807) is 26.7 Å². The third-order valence-electron chi connectivity index (χ3n) is 5.90. The number of carbonyl (C=O) groups is 2. The first kappa shape index (κ1) is 20.1. The minimum atomic E-state index is -0.668. The van der Waals surface area contributed by atoms with Crippen molar-refractivity contribution in [3.05, 3.63) is 72.1 Å². The normalized spacial score (nSPS) is 17.8. The molecule has 2 amide bonds. The second-order valence-corrected chi connectivity index (χ2v) is 7.87. The highest BCUT2D eigenvalue weighted by molar-refractivity contribution is 5.95. The molecule has 8 heteroatoms. The molecule has 0 bridgehead atoms. The number of hydrogen-bond donors (Lipinski definition) is 0. The standard InChI is InChI=1S/C24H24N4O4/c1-17-19(15-25-28(17)18-7-3-2-4-8-18)23(29)26-11-13-27(14-12-26)24(30)22-16-31-20-9-5-6-10-21(20)32-22/h2-10,15,22H,11-14,16H2,1H3. The number of carbonyl (C=O) groups excluding carboxylic acids is 2. The van der Waals surface area contributed by atoms with E-state index in [2.05, 4.69) is 5.10 Å². The molecule has 0 N–H and O–H groups in total. The number of piperazine rings is 1. The van der Waals surface area contributed by atoms with Gasteiger partial charge in [0.2, 0.25) is 6.10 Å². The van der Waals surface area contributed by atoms with Crippen molar-refractivity contribution in [2.24, 2.45) is 0 Å². The summed E-state index contributed by atoms with van der Waals surface area (Å²) in [7, 11) is 0. The largest absolute Gasteiger partial charge is 0.485 e. The van der Waals surface area contributed by atoms with E-state index in [-0.39, 0.29) is 18.4 Å². The summed E-state index contributed by atoms with van der Waals surface area (Å²) in [5, 5.41) is 4.40. The van der Waals surface area contributed by atoms with Crippen molar-refractivity contribution >= 4 is 11.8 Å². The van der Waals surface area contributed by atoms with Gasteiger partial charge in [0, 0.05) is 26.2 Å². The lowest BCUT2D eigenvalue weighted by atomic mass is 10.2. The zero-order chi connectivity index (χ0) is 22.1. The first-order valence-electron chi connectivity index (χ1n) is 10.7. The van der Waals surface area contributed by atoms with Gasteiger partial charge in [0.1, 0.15) is 6.61 Å². The molecule has 1 saturated heterocycles. The van der Waals surface area contributed by atoms with Crippen molar-refractivity contribution < 1.29 is 19.1 Å². The Morgan fingerprint density at radius 3 is 2.31 bits per heavy atom. The van der Waals surface area contributed by atoms with E-state index in [9.17, 15) is 9.59 Å². The van der Waals surface area contributed by atoms with Crippen molar-refractivity contribution in [1.82, 2.24) is 19.6 Å². The van der Waals surface area contributed by atoms with E-state index < -0.39 is 6.10 Å². The Morgan fingerprint density at radius 2 is 1.56 bits per heavy atom. The summed E-state index contributed by atoms with van der Waals surface area (Å²) in [5.41, 5.74) is 2.29. The fourth-order valence-electron chi connectivity index (χ4n) is 4.09. The highest BCUT2D eigenvalue weighted by atomic mass is 16.6. The number of benzene rings is 2. The Balaban J connectivity index is 1.21. The predicted molar refractivity (Wildman–Crippen MR) is 117 cm³/mol. The number of para-hydroxylation sites is 3. The summed E-state index contributed by atoms with van der Waals surface area (Å²) in [6.45, 7) is 3.92. The maximum atomic E-state index is 13.1. The van der Waals surface area contributed by atoms with Crippen LogP contribution in [0.5, 0.6) is 11.5 Å². The molecule has 0 aliphatic carbocycles. The second kappa shape index (κ2) is 8.37. The van der Waals surface area contributed by atoms with Gasteiger partial charge in [-0.05, 0) is 31.2 Å². The Kier molecular flexibility index (Phi) is 5.26. The molecule has 3 heterocycles. The molecule has 8 nitrogen and oxygen atoms in total. The molecule has 0 radical (unpaired) electrons. The summed E-state index contributed by atoms with van der Waals surface area (Å²) in [6.07, 6.45) is 0.950. The van der Waals surface area contributed by atoms with Crippen LogP contribution in [0, 0.1) is 6.92 Å². The summed E-state index contributed by atoms with van der Waals surface area (Å²) in [4.78, 5) is 29.5. The van der Waals surface area contributed by atoms with Crippen molar-refractivity contribution in [1.29, 1.82) is 0 Å². The van der Waals surface area contributed by atoms with Crippen molar-refractivity contribution in [3.63, 3.8) is 0 Å². The molecule has 2 aliphatic heterocycles. The van der Waals surface area contributed by atoms with Gasteiger partial charge < -0.3 is 19.3 Å². The van der Waals surface area contributed by atoms with Crippen molar-refractivity contribution in [3.8, 4) is 17.2 Å². The molecule has 164 valence electrons. The van der Waals surface area contributed by atoms with E-state index >= 15 is 0 Å². The summed E-state index contributed by atoms with van der Waals surface area (Å²) >= 11 is 0. The number of ether oxygens (including phenoxy) is 2. The molecule has 1 unspecified atom stereocenters. The lowest BCUT2D eigenvalue weighted by molar-refractivity contribution is -0.142. The van der Waals surface area contributed by atoms with E-state index in [0.717, 1.165) is 11.4 Å². The molecule has 32 heavy (non-hydrogen) atoms. The number of fused-ring (bicyclic) bond motifs is 1. The molecular weight excluding hydrogens is 408 g/mol. The third-order valence-corrected chi connectivity index (χ3v) is 5.90. The van der Waals surface area contributed by atoms with Crippen LogP contribution in [0.15, 0.2) is 60.8 Å². The van der Waals surface area contributed by atoms with Crippen LogP contribution >= 0.6 is 0 Å². The number of hydrogen-bond acceptors (Lipinski definition) is 5. The Morgan fingerprint density at radius 1 is 0.906 bits per heavy atom. The lowest BCUT2D eigenvalue weighted by Crippen LogP contribution is -2.55. The van der Waals surface area contributed by atoms with Gasteiger partial charge >= 0.3 is 0 Å². The molecule has 1 fully saturated rings. The van der Waals surface area contributed by atoms with Crippen LogP contribution in [0.3, 0.4) is 0 Å². The van der Waals surface area contributed by atoms with Crippen molar-refractivity contribution in [2.45, 2.75) is 13.0 Å². The zero-order valence-electron chi connectivity index (χ0n) is 17.8. The second-order valence-electron chi connectivity index (χ2n) is 7.87. The number of aromatic nitrogens is 2. The van der Waals surface area contributed by atoms with Crippen molar-refractivity contribution in [2.75, 3.05) is 32.8 Å². The van der Waals surface area contributed by atoms with Crippen LogP contribution < -0.4 is 9.47 Å². The molecule has 0 spiro atoms. The van der Waals surface area contributed by atoms with Crippen LogP contribution in [0.2, 0.25) is 0 Å². The van der Waals surface area contributed by atoms with Gasteiger partial charge in [-0.3, -0.25) is 9.59 Å². The molecule has 3 aromatic rings. The lowest BCUT2D eigenvalue weighted by Gasteiger charge is -2.37. The smallest absolute Gasteiger partial charge is 0.267 e. The molecule has 2 aliphatic rings. The van der Waals surface area contributed by atoms with E-state index in [1.807, 2.05) is 55.5 Å². The number of nitrogens with zero attached hydrogens (tertiary/aromatic N) is 4. The Hall–Kier alpha value is -3.81. The maximum Gasteiger partial charge on any atom is 0.267 e. The quantitative estimate of drug-likeness (QED) is 0.635. The van der Waals surface area contributed by atoms with Crippen LogP contribution in [-0.2, 0) is 4.79 Å².